The van der Waals surface area contributed by atoms with Crippen LogP contribution in [0.2, 0.25) is 0 Å². The summed E-state index contributed by atoms with van der Waals surface area (Å²) < 4.78 is 0. The van der Waals surface area contributed by atoms with Gasteiger partial charge in [0.05, 0.1) is 17.5 Å². The Morgan fingerprint density at radius 3 is 2.61 bits per heavy atom. The number of benzene rings is 2. The molecule has 0 atom stereocenters. The van der Waals surface area contributed by atoms with Crippen LogP contribution in [0.25, 0.3) is 0 Å². The van der Waals surface area contributed by atoms with E-state index < -0.39 is 5.97 Å². The minimum Gasteiger partial charge on any atom is -0.478 e. The lowest BCUT2D eigenvalue weighted by Gasteiger charge is -2.01. The van der Waals surface area contributed by atoms with Gasteiger partial charge in [0, 0.05) is 0 Å². The highest BCUT2D eigenvalue weighted by atomic mass is 16.4. The Morgan fingerprint density at radius 2 is 1.89 bits per heavy atom. The number of hydrogen-bond donors (Lipinski definition) is 2. The molecule has 90 valence electrons. The Kier molecular flexibility index (Phi) is 3.71. The predicted octanol–water partition coefficient (Wildman–Crippen LogP) is 2.83. The van der Waals surface area contributed by atoms with Gasteiger partial charge >= 0.3 is 5.97 Å². The maximum atomic E-state index is 10.8. The zero-order chi connectivity index (χ0) is 12.8. The van der Waals surface area contributed by atoms with Crippen molar-refractivity contribution in [1.82, 2.24) is 0 Å². The lowest BCUT2D eigenvalue weighted by atomic mass is 10.2. The van der Waals surface area contributed by atoms with E-state index in [1.807, 2.05) is 30.3 Å². The number of hydrazone groups is 1. The Hall–Kier alpha value is -2.62. The minimum absolute atomic E-state index is 0.231. The normalized spacial score (nSPS) is 10.4. The molecule has 0 saturated heterocycles. The molecular formula is C14H12N2O2. The SMILES string of the molecule is O=C(O)c1cccc(N/N=C/c2ccccc2)c1. The molecule has 0 fully saturated rings. The van der Waals surface area contributed by atoms with Crippen LogP contribution in [0.3, 0.4) is 0 Å². The number of nitrogens with one attached hydrogen (secondary N) is 1. The van der Waals surface area contributed by atoms with Crippen LogP contribution in [0.15, 0.2) is 59.7 Å². The Morgan fingerprint density at radius 1 is 1.11 bits per heavy atom. The summed E-state index contributed by atoms with van der Waals surface area (Å²) in [6.45, 7) is 0. The molecule has 4 nitrogen and oxygen atoms in total. The fourth-order valence-electron chi connectivity index (χ4n) is 1.44. The van der Waals surface area contributed by atoms with Crippen LogP contribution in [-0.4, -0.2) is 17.3 Å². The molecule has 0 aliphatic heterocycles. The molecule has 0 saturated carbocycles. The van der Waals surface area contributed by atoms with Crippen LogP contribution in [0.4, 0.5) is 5.69 Å². The summed E-state index contributed by atoms with van der Waals surface area (Å²) >= 11 is 0. The number of carboxylic acids is 1. The number of hydrogen-bond acceptors (Lipinski definition) is 3. The number of aromatic carboxylic acids is 1. The van der Waals surface area contributed by atoms with Crippen LogP contribution in [-0.2, 0) is 0 Å². The Bertz CT molecular complexity index is 565. The van der Waals surface area contributed by atoms with E-state index in [4.69, 9.17) is 5.11 Å². The van der Waals surface area contributed by atoms with Crippen LogP contribution in [0.1, 0.15) is 15.9 Å². The molecule has 0 spiro atoms. The average Bonchev–Trinajstić information content (AvgIpc) is 2.40. The minimum atomic E-state index is -0.953. The van der Waals surface area contributed by atoms with E-state index in [1.165, 1.54) is 12.1 Å². The van der Waals surface area contributed by atoms with Gasteiger partial charge in [-0.3, -0.25) is 5.43 Å². The van der Waals surface area contributed by atoms with Gasteiger partial charge in [-0.15, -0.1) is 0 Å². The molecule has 4 heteroatoms. The Balaban J connectivity index is 2.04. The van der Waals surface area contributed by atoms with Crippen molar-refractivity contribution in [3.05, 3.63) is 65.7 Å². The predicted molar refractivity (Wildman–Crippen MR) is 71.1 cm³/mol. The Labute approximate surface area is 105 Å². The van der Waals surface area contributed by atoms with Gasteiger partial charge in [0.1, 0.15) is 0 Å². The smallest absolute Gasteiger partial charge is 0.335 e. The van der Waals surface area contributed by atoms with E-state index in [1.54, 1.807) is 18.3 Å². The van der Waals surface area contributed by atoms with Crippen molar-refractivity contribution in [2.45, 2.75) is 0 Å². The molecule has 0 bridgehead atoms. The molecule has 0 amide bonds. The lowest BCUT2D eigenvalue weighted by Crippen LogP contribution is -1.97. The van der Waals surface area contributed by atoms with Crippen LogP contribution in [0, 0.1) is 0 Å². The van der Waals surface area contributed by atoms with Crippen LogP contribution < -0.4 is 5.43 Å². The van der Waals surface area contributed by atoms with Gasteiger partial charge in [0.2, 0.25) is 0 Å². The molecule has 0 aliphatic carbocycles. The molecule has 18 heavy (non-hydrogen) atoms. The van der Waals surface area contributed by atoms with E-state index in [0.717, 1.165) is 5.56 Å². The monoisotopic (exact) mass is 240 g/mol. The van der Waals surface area contributed by atoms with Crippen molar-refractivity contribution in [3.8, 4) is 0 Å². The number of anilines is 1. The molecule has 0 unspecified atom stereocenters. The van der Waals surface area contributed by atoms with Crippen molar-refractivity contribution in [3.63, 3.8) is 0 Å². The maximum absolute atomic E-state index is 10.8. The highest BCUT2D eigenvalue weighted by molar-refractivity contribution is 5.88. The second-order valence-electron chi connectivity index (χ2n) is 3.67. The largest absolute Gasteiger partial charge is 0.478 e. The van der Waals surface area contributed by atoms with Gasteiger partial charge in [0.15, 0.2) is 0 Å². The fraction of sp³-hybridized carbons (Fsp3) is 0. The van der Waals surface area contributed by atoms with E-state index in [-0.39, 0.29) is 5.56 Å². The molecule has 0 heterocycles. The van der Waals surface area contributed by atoms with Crippen LogP contribution in [0.5, 0.6) is 0 Å². The standard InChI is InChI=1S/C14H12N2O2/c17-14(18)12-7-4-8-13(9-12)16-15-10-11-5-2-1-3-6-11/h1-10,16H,(H,17,18)/b15-10+. The first kappa shape index (κ1) is 11.9. The van der Waals surface area contributed by atoms with Crippen molar-refractivity contribution < 1.29 is 9.90 Å². The maximum Gasteiger partial charge on any atom is 0.335 e. The first-order valence-electron chi connectivity index (χ1n) is 5.43. The quantitative estimate of drug-likeness (QED) is 0.638. The second kappa shape index (κ2) is 5.63. The van der Waals surface area contributed by atoms with Gasteiger partial charge in [-0.25, -0.2) is 4.79 Å². The molecule has 0 aliphatic rings. The van der Waals surface area contributed by atoms with Crippen molar-refractivity contribution >= 4 is 17.9 Å². The highest BCUT2D eigenvalue weighted by Gasteiger charge is 2.01. The topological polar surface area (TPSA) is 61.7 Å². The third-order valence-electron chi connectivity index (χ3n) is 2.32. The summed E-state index contributed by atoms with van der Waals surface area (Å²) in [6, 6.07) is 16.1. The van der Waals surface area contributed by atoms with Gasteiger partial charge in [0.25, 0.3) is 0 Å². The number of carboxylic acid groups (broad SMARTS) is 1. The van der Waals surface area contributed by atoms with Gasteiger partial charge in [-0.2, -0.15) is 5.10 Å². The molecule has 2 rings (SSSR count). The third-order valence-corrected chi connectivity index (χ3v) is 2.32. The molecule has 2 aromatic carbocycles. The first-order chi connectivity index (χ1) is 8.75. The molecule has 2 aromatic rings. The summed E-state index contributed by atoms with van der Waals surface area (Å²) in [5, 5.41) is 12.9. The van der Waals surface area contributed by atoms with E-state index in [9.17, 15) is 4.79 Å². The number of carbonyl (C=O) groups is 1. The number of rotatable bonds is 4. The number of nitrogens with zero attached hydrogens (tertiary/aromatic N) is 1. The van der Waals surface area contributed by atoms with Crippen molar-refractivity contribution in [2.24, 2.45) is 5.10 Å². The summed E-state index contributed by atoms with van der Waals surface area (Å²) in [7, 11) is 0. The van der Waals surface area contributed by atoms with Crippen molar-refractivity contribution in [2.75, 3.05) is 5.43 Å². The fourth-order valence-corrected chi connectivity index (χ4v) is 1.44. The summed E-state index contributed by atoms with van der Waals surface area (Å²) in [5.74, 6) is -0.953. The van der Waals surface area contributed by atoms with E-state index in [2.05, 4.69) is 10.5 Å². The first-order valence-corrected chi connectivity index (χ1v) is 5.43. The summed E-state index contributed by atoms with van der Waals surface area (Å²) in [6.07, 6.45) is 1.67. The van der Waals surface area contributed by atoms with Gasteiger partial charge < -0.3 is 5.11 Å². The average molecular weight is 240 g/mol. The van der Waals surface area contributed by atoms with Gasteiger partial charge in [-0.1, -0.05) is 36.4 Å². The highest BCUT2D eigenvalue weighted by Crippen LogP contribution is 2.10. The summed E-state index contributed by atoms with van der Waals surface area (Å²) in [4.78, 5) is 10.8. The molecule has 0 aromatic heterocycles. The van der Waals surface area contributed by atoms with Crippen molar-refractivity contribution in [1.29, 1.82) is 0 Å². The zero-order valence-electron chi connectivity index (χ0n) is 9.58. The van der Waals surface area contributed by atoms with Gasteiger partial charge in [-0.05, 0) is 23.8 Å². The van der Waals surface area contributed by atoms with E-state index in [0.29, 0.717) is 5.69 Å². The van der Waals surface area contributed by atoms with E-state index >= 15 is 0 Å². The molecule has 2 N–H and O–H groups in total. The second-order valence-corrected chi connectivity index (χ2v) is 3.67. The third kappa shape index (κ3) is 3.18. The lowest BCUT2D eigenvalue weighted by molar-refractivity contribution is 0.0697. The van der Waals surface area contributed by atoms with Crippen LogP contribution >= 0.6 is 0 Å². The molecule has 0 radical (unpaired) electrons. The zero-order valence-corrected chi connectivity index (χ0v) is 9.58. The summed E-state index contributed by atoms with van der Waals surface area (Å²) in [5.41, 5.74) is 4.64. The molecular weight excluding hydrogens is 228 g/mol.